The topological polar surface area (TPSA) is 33.5 Å². The second-order valence-electron chi connectivity index (χ2n) is 4.66. The van der Waals surface area contributed by atoms with E-state index in [4.69, 9.17) is 4.42 Å². The minimum atomic E-state index is 0.140. The molecular formula is C15H15NO2. The average Bonchev–Trinajstić information content (AvgIpc) is 2.93. The van der Waals surface area contributed by atoms with Crippen LogP contribution in [0.3, 0.4) is 0 Å². The predicted molar refractivity (Wildman–Crippen MR) is 69.0 cm³/mol. The Morgan fingerprint density at radius 1 is 1.39 bits per heavy atom. The highest BCUT2D eigenvalue weighted by molar-refractivity contribution is 5.61. The number of carbonyl (C=O) groups is 1. The molecule has 0 bridgehead atoms. The lowest BCUT2D eigenvalue weighted by Crippen LogP contribution is -2.32. The zero-order chi connectivity index (χ0) is 12.5. The van der Waals surface area contributed by atoms with Crippen molar-refractivity contribution in [2.24, 2.45) is 0 Å². The molecule has 1 aliphatic rings. The van der Waals surface area contributed by atoms with Gasteiger partial charge in [-0.1, -0.05) is 12.1 Å². The molecule has 0 saturated heterocycles. The van der Waals surface area contributed by atoms with Gasteiger partial charge in [-0.2, -0.15) is 0 Å². The van der Waals surface area contributed by atoms with Gasteiger partial charge >= 0.3 is 0 Å². The third-order valence-corrected chi connectivity index (χ3v) is 3.67. The third kappa shape index (κ3) is 1.72. The molecule has 92 valence electrons. The van der Waals surface area contributed by atoms with Crippen LogP contribution in [0.15, 0.2) is 41.0 Å². The molecule has 3 heteroatoms. The second kappa shape index (κ2) is 4.33. The molecule has 0 aliphatic carbocycles. The number of benzene rings is 1. The Hall–Kier alpha value is -2.03. The molecule has 0 saturated carbocycles. The summed E-state index contributed by atoms with van der Waals surface area (Å²) >= 11 is 0. The van der Waals surface area contributed by atoms with E-state index in [1.807, 2.05) is 17.0 Å². The summed E-state index contributed by atoms with van der Waals surface area (Å²) in [7, 11) is 0. The summed E-state index contributed by atoms with van der Waals surface area (Å²) in [5, 5.41) is 0. The van der Waals surface area contributed by atoms with Crippen LogP contribution in [0.25, 0.3) is 11.3 Å². The Labute approximate surface area is 106 Å². The van der Waals surface area contributed by atoms with Gasteiger partial charge in [0.15, 0.2) is 0 Å². The lowest BCUT2D eigenvalue weighted by Gasteiger charge is -2.32. The molecule has 1 amide bonds. The molecule has 1 aromatic heterocycles. The Morgan fingerprint density at radius 2 is 2.28 bits per heavy atom. The summed E-state index contributed by atoms with van der Waals surface area (Å²) in [6.45, 7) is 2.87. The lowest BCUT2D eigenvalue weighted by molar-refractivity contribution is -0.120. The predicted octanol–water partition coefficient (Wildman–Crippen LogP) is 3.02. The number of fused-ring (bicyclic) bond motifs is 1. The first kappa shape index (κ1) is 11.1. The van der Waals surface area contributed by atoms with Crippen LogP contribution in [0.4, 0.5) is 0 Å². The highest BCUT2D eigenvalue weighted by atomic mass is 16.3. The summed E-state index contributed by atoms with van der Waals surface area (Å²) in [4.78, 5) is 12.8. The molecule has 3 nitrogen and oxygen atoms in total. The molecule has 1 atom stereocenters. The number of rotatable bonds is 2. The molecular weight excluding hydrogens is 226 g/mol. The monoisotopic (exact) mass is 241 g/mol. The van der Waals surface area contributed by atoms with Crippen LogP contribution in [0.1, 0.15) is 24.1 Å². The molecule has 0 N–H and O–H groups in total. The summed E-state index contributed by atoms with van der Waals surface area (Å²) < 4.78 is 5.42. The summed E-state index contributed by atoms with van der Waals surface area (Å²) in [6.07, 6.45) is 3.54. The van der Waals surface area contributed by atoms with E-state index in [-0.39, 0.29) is 6.04 Å². The van der Waals surface area contributed by atoms with Crippen LogP contribution in [0.2, 0.25) is 0 Å². The van der Waals surface area contributed by atoms with Gasteiger partial charge in [0.05, 0.1) is 12.3 Å². The van der Waals surface area contributed by atoms with Crippen molar-refractivity contribution in [3.05, 3.63) is 47.7 Å². The molecule has 1 unspecified atom stereocenters. The van der Waals surface area contributed by atoms with Crippen molar-refractivity contribution in [1.82, 2.24) is 4.90 Å². The van der Waals surface area contributed by atoms with E-state index < -0.39 is 0 Å². The highest BCUT2D eigenvalue weighted by Gasteiger charge is 2.22. The summed E-state index contributed by atoms with van der Waals surface area (Å²) in [5.74, 6) is 0.869. The van der Waals surface area contributed by atoms with Gasteiger partial charge < -0.3 is 9.32 Å². The zero-order valence-electron chi connectivity index (χ0n) is 10.3. The molecule has 0 radical (unpaired) electrons. The third-order valence-electron chi connectivity index (χ3n) is 3.67. The Bertz CT molecular complexity index is 560. The molecule has 1 aromatic carbocycles. The van der Waals surface area contributed by atoms with E-state index in [0.717, 1.165) is 30.7 Å². The van der Waals surface area contributed by atoms with Crippen molar-refractivity contribution >= 4 is 6.41 Å². The van der Waals surface area contributed by atoms with Gasteiger partial charge in [0.25, 0.3) is 0 Å². The van der Waals surface area contributed by atoms with Crippen LogP contribution in [-0.4, -0.2) is 17.9 Å². The first-order valence-corrected chi connectivity index (χ1v) is 6.17. The number of hydrogen-bond donors (Lipinski definition) is 0. The van der Waals surface area contributed by atoms with Crippen molar-refractivity contribution in [1.29, 1.82) is 0 Å². The van der Waals surface area contributed by atoms with Gasteiger partial charge in [0.1, 0.15) is 5.76 Å². The van der Waals surface area contributed by atoms with Gasteiger partial charge in [-0.15, -0.1) is 0 Å². The minimum Gasteiger partial charge on any atom is -0.464 e. The van der Waals surface area contributed by atoms with Gasteiger partial charge in [-0.3, -0.25) is 4.79 Å². The zero-order valence-corrected chi connectivity index (χ0v) is 10.3. The van der Waals surface area contributed by atoms with Crippen molar-refractivity contribution in [3.8, 4) is 11.3 Å². The van der Waals surface area contributed by atoms with Crippen LogP contribution >= 0.6 is 0 Å². The maximum Gasteiger partial charge on any atom is 0.210 e. The van der Waals surface area contributed by atoms with Crippen molar-refractivity contribution < 1.29 is 9.21 Å². The number of furan rings is 1. The molecule has 2 heterocycles. The standard InChI is InChI=1S/C15H15NO2/c1-11-14-9-13(15-3-2-8-18-15)5-4-12(14)6-7-16(11)10-17/h2-5,8-11H,6-7H2,1H3. The van der Waals surface area contributed by atoms with E-state index in [1.54, 1.807) is 6.26 Å². The lowest BCUT2D eigenvalue weighted by atomic mass is 9.92. The molecule has 0 fully saturated rings. The van der Waals surface area contributed by atoms with Crippen LogP contribution in [0, 0.1) is 0 Å². The highest BCUT2D eigenvalue weighted by Crippen LogP contribution is 2.32. The Morgan fingerprint density at radius 3 is 3.00 bits per heavy atom. The molecule has 3 rings (SSSR count). The Balaban J connectivity index is 2.04. The van der Waals surface area contributed by atoms with Crippen molar-refractivity contribution in [3.63, 3.8) is 0 Å². The number of amides is 1. The molecule has 2 aromatic rings. The van der Waals surface area contributed by atoms with Crippen molar-refractivity contribution in [2.45, 2.75) is 19.4 Å². The fraction of sp³-hybridized carbons (Fsp3) is 0.267. The van der Waals surface area contributed by atoms with Gasteiger partial charge in [-0.05, 0) is 42.7 Å². The molecule has 1 aliphatic heterocycles. The Kier molecular flexibility index (Phi) is 2.67. The first-order valence-electron chi connectivity index (χ1n) is 6.17. The van der Waals surface area contributed by atoms with E-state index in [2.05, 4.69) is 25.1 Å². The van der Waals surface area contributed by atoms with Gasteiger partial charge in [0.2, 0.25) is 6.41 Å². The molecule has 18 heavy (non-hydrogen) atoms. The largest absolute Gasteiger partial charge is 0.464 e. The number of nitrogens with zero attached hydrogens (tertiary/aromatic N) is 1. The number of hydrogen-bond acceptors (Lipinski definition) is 2. The second-order valence-corrected chi connectivity index (χ2v) is 4.66. The minimum absolute atomic E-state index is 0.140. The molecule has 0 spiro atoms. The maximum absolute atomic E-state index is 11.0. The van der Waals surface area contributed by atoms with E-state index >= 15 is 0 Å². The fourth-order valence-corrected chi connectivity index (χ4v) is 2.57. The quantitative estimate of drug-likeness (QED) is 0.757. The maximum atomic E-state index is 11.0. The number of carbonyl (C=O) groups excluding carboxylic acids is 1. The normalized spacial score (nSPS) is 18.5. The SMILES string of the molecule is CC1c2cc(-c3ccco3)ccc2CCN1C=O. The van der Waals surface area contributed by atoms with Gasteiger partial charge in [0, 0.05) is 12.1 Å². The van der Waals surface area contributed by atoms with E-state index in [0.29, 0.717) is 0 Å². The fourth-order valence-electron chi connectivity index (χ4n) is 2.57. The summed E-state index contributed by atoms with van der Waals surface area (Å²) in [6, 6.07) is 10.3. The first-order chi connectivity index (χ1) is 8.79. The van der Waals surface area contributed by atoms with Crippen LogP contribution in [0.5, 0.6) is 0 Å². The van der Waals surface area contributed by atoms with E-state index in [9.17, 15) is 4.79 Å². The smallest absolute Gasteiger partial charge is 0.210 e. The van der Waals surface area contributed by atoms with E-state index in [1.165, 1.54) is 11.1 Å². The van der Waals surface area contributed by atoms with Crippen LogP contribution < -0.4 is 0 Å². The van der Waals surface area contributed by atoms with Crippen molar-refractivity contribution in [2.75, 3.05) is 6.54 Å². The average molecular weight is 241 g/mol. The summed E-state index contributed by atoms with van der Waals surface area (Å²) in [5.41, 5.74) is 3.62. The van der Waals surface area contributed by atoms with Gasteiger partial charge in [-0.25, -0.2) is 0 Å². The van der Waals surface area contributed by atoms with Crippen LogP contribution in [-0.2, 0) is 11.2 Å².